The van der Waals surface area contributed by atoms with Crippen molar-refractivity contribution in [1.29, 1.82) is 0 Å². The van der Waals surface area contributed by atoms with Crippen molar-refractivity contribution in [2.45, 2.75) is 39.5 Å². The lowest BCUT2D eigenvalue weighted by Crippen LogP contribution is -2.21. The molecule has 0 N–H and O–H groups in total. The van der Waals surface area contributed by atoms with E-state index < -0.39 is 0 Å². The highest BCUT2D eigenvalue weighted by Crippen LogP contribution is 2.14. The SMILES string of the molecule is CCCCC(CC)C(=O)n1cccn1. The Kier molecular flexibility index (Phi) is 4.36. The Hall–Kier alpha value is -1.12. The molecule has 0 saturated heterocycles. The molecule has 0 aromatic carbocycles. The standard InChI is InChI=1S/C11H18N2O/c1-3-5-7-10(4-2)11(14)13-9-6-8-12-13/h6,8-10H,3-5,7H2,1-2H3. The van der Waals surface area contributed by atoms with E-state index in [1.54, 1.807) is 18.5 Å². The second-order valence-corrected chi connectivity index (χ2v) is 3.54. The minimum atomic E-state index is 0.131. The van der Waals surface area contributed by atoms with Crippen molar-refractivity contribution in [3.05, 3.63) is 18.5 Å². The smallest absolute Gasteiger partial charge is 0.249 e. The third kappa shape index (κ3) is 2.69. The summed E-state index contributed by atoms with van der Waals surface area (Å²) in [4.78, 5) is 11.8. The minimum absolute atomic E-state index is 0.131. The van der Waals surface area contributed by atoms with Gasteiger partial charge < -0.3 is 0 Å². The predicted octanol–water partition coefficient (Wildman–Crippen LogP) is 2.74. The number of carbonyl (C=O) groups excluding carboxylic acids is 1. The number of rotatable bonds is 5. The molecular weight excluding hydrogens is 176 g/mol. The van der Waals surface area contributed by atoms with Gasteiger partial charge in [-0.2, -0.15) is 5.10 Å². The fraction of sp³-hybridized carbons (Fsp3) is 0.636. The lowest BCUT2D eigenvalue weighted by molar-refractivity contribution is 0.0804. The van der Waals surface area contributed by atoms with E-state index in [9.17, 15) is 4.79 Å². The maximum absolute atomic E-state index is 11.8. The molecule has 1 unspecified atom stereocenters. The molecule has 1 heterocycles. The van der Waals surface area contributed by atoms with Crippen LogP contribution in [0.3, 0.4) is 0 Å². The Morgan fingerprint density at radius 3 is 2.79 bits per heavy atom. The first-order valence-electron chi connectivity index (χ1n) is 5.33. The minimum Gasteiger partial charge on any atom is -0.272 e. The van der Waals surface area contributed by atoms with Gasteiger partial charge in [0.15, 0.2) is 0 Å². The van der Waals surface area contributed by atoms with Crippen LogP contribution in [0, 0.1) is 5.92 Å². The Labute approximate surface area is 85.1 Å². The number of nitrogens with zero attached hydrogens (tertiary/aromatic N) is 2. The molecule has 0 aliphatic carbocycles. The molecule has 0 aliphatic rings. The first-order valence-corrected chi connectivity index (χ1v) is 5.33. The van der Waals surface area contributed by atoms with Gasteiger partial charge in [0.1, 0.15) is 0 Å². The molecule has 1 aromatic rings. The van der Waals surface area contributed by atoms with E-state index in [0.29, 0.717) is 0 Å². The summed E-state index contributed by atoms with van der Waals surface area (Å²) in [6.45, 7) is 4.20. The second kappa shape index (κ2) is 5.58. The van der Waals surface area contributed by atoms with Gasteiger partial charge in [0.05, 0.1) is 0 Å². The molecule has 0 aliphatic heterocycles. The van der Waals surface area contributed by atoms with Crippen molar-refractivity contribution in [1.82, 2.24) is 9.78 Å². The van der Waals surface area contributed by atoms with Crippen molar-refractivity contribution in [2.75, 3.05) is 0 Å². The summed E-state index contributed by atoms with van der Waals surface area (Å²) in [5.74, 6) is 0.265. The molecule has 1 rings (SSSR count). The monoisotopic (exact) mass is 194 g/mol. The van der Waals surface area contributed by atoms with Crippen LogP contribution >= 0.6 is 0 Å². The van der Waals surface area contributed by atoms with Gasteiger partial charge in [0.2, 0.25) is 5.91 Å². The molecule has 0 bridgehead atoms. The quantitative estimate of drug-likeness (QED) is 0.722. The van der Waals surface area contributed by atoms with Crippen LogP contribution in [-0.2, 0) is 0 Å². The summed E-state index contributed by atoms with van der Waals surface area (Å²) in [5.41, 5.74) is 0. The van der Waals surface area contributed by atoms with Gasteiger partial charge in [0, 0.05) is 18.3 Å². The molecule has 1 aromatic heterocycles. The van der Waals surface area contributed by atoms with Gasteiger partial charge >= 0.3 is 0 Å². The number of carbonyl (C=O) groups is 1. The summed E-state index contributed by atoms with van der Waals surface area (Å²) >= 11 is 0. The molecule has 0 saturated carbocycles. The molecule has 14 heavy (non-hydrogen) atoms. The van der Waals surface area contributed by atoms with Crippen molar-refractivity contribution in [2.24, 2.45) is 5.92 Å². The van der Waals surface area contributed by atoms with Gasteiger partial charge in [-0.05, 0) is 18.9 Å². The molecule has 0 radical (unpaired) electrons. The van der Waals surface area contributed by atoms with E-state index >= 15 is 0 Å². The lowest BCUT2D eigenvalue weighted by Gasteiger charge is -2.12. The maximum Gasteiger partial charge on any atom is 0.249 e. The van der Waals surface area contributed by atoms with Crippen molar-refractivity contribution in [3.8, 4) is 0 Å². The molecular formula is C11H18N2O. The second-order valence-electron chi connectivity index (χ2n) is 3.54. The molecule has 78 valence electrons. The first kappa shape index (κ1) is 11.0. The first-order chi connectivity index (χ1) is 6.79. The van der Waals surface area contributed by atoms with Crippen LogP contribution in [0.2, 0.25) is 0 Å². The highest BCUT2D eigenvalue weighted by molar-refractivity contribution is 5.80. The molecule has 1 atom stereocenters. The van der Waals surface area contributed by atoms with Crippen LogP contribution in [0.1, 0.15) is 44.3 Å². The van der Waals surface area contributed by atoms with Crippen LogP contribution in [0.25, 0.3) is 0 Å². The fourth-order valence-corrected chi connectivity index (χ4v) is 1.54. The van der Waals surface area contributed by atoms with Crippen LogP contribution in [0.4, 0.5) is 0 Å². The average Bonchev–Trinajstić information content (AvgIpc) is 2.71. The summed E-state index contributed by atoms with van der Waals surface area (Å²) in [7, 11) is 0. The topological polar surface area (TPSA) is 34.9 Å². The van der Waals surface area contributed by atoms with Gasteiger partial charge in [-0.1, -0.05) is 26.7 Å². The summed E-state index contributed by atoms with van der Waals surface area (Å²) in [6, 6.07) is 1.78. The van der Waals surface area contributed by atoms with Crippen LogP contribution in [0.15, 0.2) is 18.5 Å². The zero-order valence-corrected chi connectivity index (χ0v) is 8.94. The lowest BCUT2D eigenvalue weighted by atomic mass is 9.99. The van der Waals surface area contributed by atoms with E-state index in [1.165, 1.54) is 4.68 Å². The summed E-state index contributed by atoms with van der Waals surface area (Å²) in [5, 5.41) is 3.96. The fourth-order valence-electron chi connectivity index (χ4n) is 1.54. The third-order valence-electron chi connectivity index (χ3n) is 2.48. The average molecular weight is 194 g/mol. The normalized spacial score (nSPS) is 12.7. The summed E-state index contributed by atoms with van der Waals surface area (Å²) in [6.07, 6.45) is 7.50. The predicted molar refractivity (Wildman–Crippen MR) is 56.2 cm³/mol. The Bertz CT molecular complexity index is 267. The highest BCUT2D eigenvalue weighted by Gasteiger charge is 2.17. The highest BCUT2D eigenvalue weighted by atomic mass is 16.2. The van der Waals surface area contributed by atoms with Gasteiger partial charge in [0.25, 0.3) is 0 Å². The van der Waals surface area contributed by atoms with E-state index in [-0.39, 0.29) is 11.8 Å². The third-order valence-corrected chi connectivity index (χ3v) is 2.48. The van der Waals surface area contributed by atoms with Gasteiger partial charge in [-0.3, -0.25) is 4.79 Å². The van der Waals surface area contributed by atoms with E-state index in [4.69, 9.17) is 0 Å². The Balaban J connectivity index is 2.56. The number of unbranched alkanes of at least 4 members (excludes halogenated alkanes) is 1. The number of hydrogen-bond acceptors (Lipinski definition) is 2. The van der Waals surface area contributed by atoms with E-state index in [1.807, 2.05) is 0 Å². The number of aromatic nitrogens is 2. The molecule has 3 heteroatoms. The number of hydrogen-bond donors (Lipinski definition) is 0. The summed E-state index contributed by atoms with van der Waals surface area (Å²) < 4.78 is 1.45. The zero-order valence-electron chi connectivity index (χ0n) is 8.94. The van der Waals surface area contributed by atoms with Crippen LogP contribution < -0.4 is 0 Å². The maximum atomic E-state index is 11.8. The van der Waals surface area contributed by atoms with E-state index in [2.05, 4.69) is 18.9 Å². The Morgan fingerprint density at radius 2 is 2.29 bits per heavy atom. The zero-order chi connectivity index (χ0) is 10.4. The largest absolute Gasteiger partial charge is 0.272 e. The van der Waals surface area contributed by atoms with Crippen molar-refractivity contribution >= 4 is 5.91 Å². The molecule has 3 nitrogen and oxygen atoms in total. The van der Waals surface area contributed by atoms with Crippen molar-refractivity contribution < 1.29 is 4.79 Å². The molecule has 0 amide bonds. The van der Waals surface area contributed by atoms with Crippen LogP contribution in [-0.4, -0.2) is 15.7 Å². The molecule has 0 spiro atoms. The molecule has 0 fully saturated rings. The van der Waals surface area contributed by atoms with Crippen molar-refractivity contribution in [3.63, 3.8) is 0 Å². The van der Waals surface area contributed by atoms with E-state index in [0.717, 1.165) is 25.7 Å². The Morgan fingerprint density at radius 1 is 1.50 bits per heavy atom. The van der Waals surface area contributed by atoms with Gasteiger partial charge in [-0.25, -0.2) is 4.68 Å². The van der Waals surface area contributed by atoms with Gasteiger partial charge in [-0.15, -0.1) is 0 Å². The van der Waals surface area contributed by atoms with Crippen LogP contribution in [0.5, 0.6) is 0 Å².